The van der Waals surface area contributed by atoms with Crippen molar-refractivity contribution in [3.63, 3.8) is 0 Å². The van der Waals surface area contributed by atoms with E-state index in [9.17, 15) is 0 Å². The third kappa shape index (κ3) is 9.52. The fraction of sp³-hybridized carbons (Fsp3) is 1.00. The molecule has 0 bridgehead atoms. The van der Waals surface area contributed by atoms with Gasteiger partial charge in [-0.15, -0.1) is 0 Å². The first-order valence-corrected chi connectivity index (χ1v) is 9.10. The lowest BCUT2D eigenvalue weighted by atomic mass is 9.71. The summed E-state index contributed by atoms with van der Waals surface area (Å²) in [5.74, 6) is 0.876. The van der Waals surface area contributed by atoms with E-state index in [2.05, 4.69) is 34.6 Å². The van der Waals surface area contributed by atoms with Gasteiger partial charge in [0.15, 0.2) is 0 Å². The van der Waals surface area contributed by atoms with Crippen LogP contribution in [0.1, 0.15) is 112 Å². The van der Waals surface area contributed by atoms with Crippen LogP contribution in [-0.4, -0.2) is 0 Å². The molecule has 0 N–H and O–H groups in total. The van der Waals surface area contributed by atoms with Gasteiger partial charge in [-0.2, -0.15) is 0 Å². The Morgan fingerprint density at radius 1 is 0.632 bits per heavy atom. The van der Waals surface area contributed by atoms with Crippen molar-refractivity contribution < 1.29 is 0 Å². The average Bonchev–Trinajstić information content (AvgIpc) is 2.39. The number of rotatable bonds is 13. The monoisotopic (exact) mass is 268 g/mol. The Balaban J connectivity index is 4.47. The minimum absolute atomic E-state index is 0.691. The van der Waals surface area contributed by atoms with Crippen LogP contribution in [0.4, 0.5) is 0 Å². The van der Waals surface area contributed by atoms with Crippen molar-refractivity contribution >= 4 is 0 Å². The molecule has 0 aliphatic heterocycles. The lowest BCUT2D eigenvalue weighted by Crippen LogP contribution is -2.21. The molecule has 0 amide bonds. The van der Waals surface area contributed by atoms with Crippen LogP contribution in [0.2, 0.25) is 0 Å². The maximum absolute atomic E-state index is 2.37. The summed E-state index contributed by atoms with van der Waals surface area (Å²) in [5.41, 5.74) is 0.691. The van der Waals surface area contributed by atoms with Crippen LogP contribution >= 0.6 is 0 Å². The highest BCUT2D eigenvalue weighted by molar-refractivity contribution is 4.79. The second-order valence-electron chi connectivity index (χ2n) is 7.10. The summed E-state index contributed by atoms with van der Waals surface area (Å²) in [6, 6.07) is 0. The highest BCUT2D eigenvalue weighted by Gasteiger charge is 2.27. The van der Waals surface area contributed by atoms with Gasteiger partial charge in [0.25, 0.3) is 0 Å². The SMILES string of the molecule is CCCCC(CCCC)(CCCC)CCCC(C)C. The van der Waals surface area contributed by atoms with Crippen LogP contribution in [-0.2, 0) is 0 Å². The van der Waals surface area contributed by atoms with Gasteiger partial charge >= 0.3 is 0 Å². The Labute approximate surface area is 123 Å². The van der Waals surface area contributed by atoms with Crippen molar-refractivity contribution in [2.75, 3.05) is 0 Å². The van der Waals surface area contributed by atoms with Crippen LogP contribution in [0.3, 0.4) is 0 Å². The zero-order valence-electron chi connectivity index (χ0n) is 14.6. The summed E-state index contributed by atoms with van der Waals surface area (Å²) in [7, 11) is 0. The molecule has 0 unspecified atom stereocenters. The first-order chi connectivity index (χ1) is 9.10. The van der Waals surface area contributed by atoms with E-state index in [0.717, 1.165) is 5.92 Å². The van der Waals surface area contributed by atoms with Gasteiger partial charge in [0.2, 0.25) is 0 Å². The van der Waals surface area contributed by atoms with E-state index in [0.29, 0.717) is 5.41 Å². The van der Waals surface area contributed by atoms with Gasteiger partial charge in [-0.1, -0.05) is 86.0 Å². The Morgan fingerprint density at radius 3 is 1.32 bits per heavy atom. The van der Waals surface area contributed by atoms with Gasteiger partial charge < -0.3 is 0 Å². The molecule has 19 heavy (non-hydrogen) atoms. The standard InChI is InChI=1S/C19H40/c1-6-9-14-19(15-10-7-2,16-11-8-3)17-12-13-18(4)5/h18H,6-17H2,1-5H3. The number of unbranched alkanes of at least 4 members (excludes halogenated alkanes) is 3. The summed E-state index contributed by atoms with van der Waals surface area (Å²) in [5, 5.41) is 0. The molecule has 0 aliphatic carbocycles. The molecule has 0 atom stereocenters. The summed E-state index contributed by atoms with van der Waals surface area (Å²) in [6.45, 7) is 11.8. The Hall–Kier alpha value is 0. The summed E-state index contributed by atoms with van der Waals surface area (Å²) >= 11 is 0. The fourth-order valence-corrected chi connectivity index (χ4v) is 3.29. The van der Waals surface area contributed by atoms with Gasteiger partial charge in [-0.25, -0.2) is 0 Å². The molecule has 0 saturated heterocycles. The molecule has 0 aromatic heterocycles. The Kier molecular flexibility index (Phi) is 11.8. The third-order valence-electron chi connectivity index (χ3n) is 4.67. The maximum Gasteiger partial charge on any atom is -0.0297 e. The molecule has 0 heteroatoms. The lowest BCUT2D eigenvalue weighted by Gasteiger charge is -2.35. The zero-order valence-corrected chi connectivity index (χ0v) is 14.6. The Morgan fingerprint density at radius 2 is 1.00 bits per heavy atom. The zero-order chi connectivity index (χ0) is 14.6. The minimum atomic E-state index is 0.691. The van der Waals surface area contributed by atoms with Gasteiger partial charge in [0.1, 0.15) is 0 Å². The van der Waals surface area contributed by atoms with Crippen molar-refractivity contribution in [3.8, 4) is 0 Å². The van der Waals surface area contributed by atoms with Crippen LogP contribution in [0.15, 0.2) is 0 Å². The molecular weight excluding hydrogens is 228 g/mol. The van der Waals surface area contributed by atoms with Gasteiger partial charge in [-0.05, 0) is 37.0 Å². The minimum Gasteiger partial charge on any atom is -0.0654 e. The molecule has 0 aromatic carbocycles. The Bertz CT molecular complexity index is 159. The van der Waals surface area contributed by atoms with E-state index in [1.54, 1.807) is 0 Å². The second-order valence-corrected chi connectivity index (χ2v) is 7.10. The van der Waals surface area contributed by atoms with E-state index in [1.165, 1.54) is 77.0 Å². The van der Waals surface area contributed by atoms with Crippen molar-refractivity contribution in [1.82, 2.24) is 0 Å². The largest absolute Gasteiger partial charge is 0.0654 e. The van der Waals surface area contributed by atoms with Crippen molar-refractivity contribution in [2.45, 2.75) is 112 Å². The molecule has 0 saturated carbocycles. The normalized spacial score (nSPS) is 12.3. The van der Waals surface area contributed by atoms with E-state index in [4.69, 9.17) is 0 Å². The molecule has 0 aliphatic rings. The first kappa shape index (κ1) is 19.0. The molecule has 0 aromatic rings. The predicted octanol–water partition coefficient (Wildman–Crippen LogP) is 7.37. The second kappa shape index (κ2) is 11.8. The van der Waals surface area contributed by atoms with E-state index < -0.39 is 0 Å². The van der Waals surface area contributed by atoms with Crippen LogP contribution in [0.5, 0.6) is 0 Å². The van der Waals surface area contributed by atoms with E-state index >= 15 is 0 Å². The van der Waals surface area contributed by atoms with Crippen LogP contribution in [0.25, 0.3) is 0 Å². The number of hydrogen-bond acceptors (Lipinski definition) is 0. The predicted molar refractivity (Wildman–Crippen MR) is 89.7 cm³/mol. The topological polar surface area (TPSA) is 0 Å². The van der Waals surface area contributed by atoms with Crippen molar-refractivity contribution in [1.29, 1.82) is 0 Å². The molecule has 0 fully saturated rings. The van der Waals surface area contributed by atoms with Crippen LogP contribution in [0, 0.1) is 11.3 Å². The van der Waals surface area contributed by atoms with Crippen molar-refractivity contribution in [3.05, 3.63) is 0 Å². The van der Waals surface area contributed by atoms with Gasteiger partial charge in [0, 0.05) is 0 Å². The summed E-state index contributed by atoms with van der Waals surface area (Å²) in [6.07, 6.45) is 17.2. The summed E-state index contributed by atoms with van der Waals surface area (Å²) in [4.78, 5) is 0. The molecule has 0 heterocycles. The molecule has 0 rings (SSSR count). The summed E-state index contributed by atoms with van der Waals surface area (Å²) < 4.78 is 0. The molecule has 0 nitrogen and oxygen atoms in total. The third-order valence-corrected chi connectivity index (χ3v) is 4.67. The van der Waals surface area contributed by atoms with E-state index in [1.807, 2.05) is 0 Å². The quantitative estimate of drug-likeness (QED) is 0.327. The van der Waals surface area contributed by atoms with E-state index in [-0.39, 0.29) is 0 Å². The maximum atomic E-state index is 2.37. The smallest absolute Gasteiger partial charge is 0.0297 e. The number of hydrogen-bond donors (Lipinski definition) is 0. The molecule has 0 spiro atoms. The van der Waals surface area contributed by atoms with Gasteiger partial charge in [0.05, 0.1) is 0 Å². The lowest BCUT2D eigenvalue weighted by molar-refractivity contribution is 0.174. The fourth-order valence-electron chi connectivity index (χ4n) is 3.29. The molecular formula is C19H40. The average molecular weight is 269 g/mol. The van der Waals surface area contributed by atoms with Gasteiger partial charge in [-0.3, -0.25) is 0 Å². The molecule has 0 radical (unpaired) electrons. The molecule has 116 valence electrons. The van der Waals surface area contributed by atoms with Crippen molar-refractivity contribution in [2.24, 2.45) is 11.3 Å². The first-order valence-electron chi connectivity index (χ1n) is 9.10. The van der Waals surface area contributed by atoms with Crippen LogP contribution < -0.4 is 0 Å². The highest BCUT2D eigenvalue weighted by Crippen LogP contribution is 2.41. The highest BCUT2D eigenvalue weighted by atomic mass is 14.3.